The van der Waals surface area contributed by atoms with E-state index >= 15 is 0 Å². The molecule has 1 aliphatic carbocycles. The molecule has 0 aliphatic heterocycles. The summed E-state index contributed by atoms with van der Waals surface area (Å²) < 4.78 is 5.53. The largest absolute Gasteiger partial charge is 0.443 e. The van der Waals surface area contributed by atoms with Crippen LogP contribution in [0.25, 0.3) is 0 Å². The van der Waals surface area contributed by atoms with Crippen LogP contribution < -0.4 is 5.73 Å². The minimum atomic E-state index is -0.607. The van der Waals surface area contributed by atoms with E-state index in [0.29, 0.717) is 12.4 Å². The van der Waals surface area contributed by atoms with Crippen molar-refractivity contribution in [3.8, 4) is 0 Å². The van der Waals surface area contributed by atoms with Crippen molar-refractivity contribution >= 4 is 5.91 Å². The summed E-state index contributed by atoms with van der Waals surface area (Å²) in [6.45, 7) is 0.682. The van der Waals surface area contributed by atoms with Gasteiger partial charge < -0.3 is 15.1 Å². The van der Waals surface area contributed by atoms with Crippen LogP contribution in [-0.4, -0.2) is 29.9 Å². The van der Waals surface area contributed by atoms with Gasteiger partial charge in [-0.25, -0.2) is 4.98 Å². The molecule has 15 heavy (non-hydrogen) atoms. The van der Waals surface area contributed by atoms with Crippen molar-refractivity contribution in [1.29, 1.82) is 0 Å². The van der Waals surface area contributed by atoms with E-state index in [4.69, 9.17) is 10.2 Å². The third-order valence-electron chi connectivity index (χ3n) is 2.66. The van der Waals surface area contributed by atoms with Gasteiger partial charge >= 0.3 is 0 Å². The Kier molecular flexibility index (Phi) is 2.26. The van der Waals surface area contributed by atoms with E-state index in [-0.39, 0.29) is 5.91 Å². The zero-order valence-corrected chi connectivity index (χ0v) is 8.99. The maximum atomic E-state index is 11.2. The minimum Gasteiger partial charge on any atom is -0.443 e. The lowest BCUT2D eigenvalue weighted by Crippen LogP contribution is -2.28. The Hall–Kier alpha value is -1.36. The van der Waals surface area contributed by atoms with E-state index in [0.717, 1.165) is 18.6 Å². The van der Waals surface area contributed by atoms with Gasteiger partial charge in [-0.1, -0.05) is 0 Å². The predicted octanol–water partition coefficient (Wildman–Crippen LogP) is 0.253. The van der Waals surface area contributed by atoms with Crippen LogP contribution in [0, 0.1) is 0 Å². The molecular formula is C10H15N3O2. The summed E-state index contributed by atoms with van der Waals surface area (Å²) in [6, 6.07) is 0. The third kappa shape index (κ3) is 1.74. The van der Waals surface area contributed by atoms with Crippen LogP contribution in [0.5, 0.6) is 0 Å². The van der Waals surface area contributed by atoms with Gasteiger partial charge in [-0.05, 0) is 26.9 Å². The molecule has 1 aromatic rings. The average Bonchev–Trinajstić information content (AvgIpc) is 2.83. The van der Waals surface area contributed by atoms with E-state index < -0.39 is 5.41 Å². The number of nitrogens with two attached hydrogens (primary N) is 1. The number of aromatic nitrogens is 1. The molecule has 1 aromatic heterocycles. The molecule has 1 saturated carbocycles. The predicted molar refractivity (Wildman–Crippen MR) is 54.0 cm³/mol. The Morgan fingerprint density at radius 1 is 1.67 bits per heavy atom. The molecule has 0 radical (unpaired) electrons. The fourth-order valence-electron chi connectivity index (χ4n) is 1.60. The molecule has 1 heterocycles. The van der Waals surface area contributed by atoms with E-state index in [2.05, 4.69) is 4.98 Å². The lowest BCUT2D eigenvalue weighted by molar-refractivity contribution is -0.120. The molecular weight excluding hydrogens is 194 g/mol. The Morgan fingerprint density at radius 2 is 2.33 bits per heavy atom. The maximum Gasteiger partial charge on any atom is 0.233 e. The van der Waals surface area contributed by atoms with Crippen LogP contribution >= 0.6 is 0 Å². The summed E-state index contributed by atoms with van der Waals surface area (Å²) in [5, 5.41) is 0. The first kappa shape index (κ1) is 10.2. The highest BCUT2D eigenvalue weighted by Gasteiger charge is 2.54. The number of hydrogen-bond donors (Lipinski definition) is 1. The molecule has 0 saturated heterocycles. The van der Waals surface area contributed by atoms with Crippen LogP contribution in [-0.2, 0) is 16.8 Å². The molecule has 0 spiro atoms. The van der Waals surface area contributed by atoms with Gasteiger partial charge in [0.25, 0.3) is 0 Å². The number of carbonyl (C=O) groups excluding carboxylic acids is 1. The summed E-state index contributed by atoms with van der Waals surface area (Å²) in [5.74, 6) is 0.912. The van der Waals surface area contributed by atoms with Gasteiger partial charge in [0.15, 0.2) is 0 Å². The number of nitrogens with zero attached hydrogens (tertiary/aromatic N) is 2. The van der Waals surface area contributed by atoms with Crippen molar-refractivity contribution < 1.29 is 9.21 Å². The average molecular weight is 209 g/mol. The second-order valence-corrected chi connectivity index (χ2v) is 4.32. The van der Waals surface area contributed by atoms with Gasteiger partial charge in [-0.15, -0.1) is 0 Å². The maximum absolute atomic E-state index is 11.2. The van der Waals surface area contributed by atoms with Crippen LogP contribution in [0.3, 0.4) is 0 Å². The molecule has 1 fully saturated rings. The molecule has 2 N–H and O–H groups in total. The van der Waals surface area contributed by atoms with Crippen LogP contribution in [0.2, 0.25) is 0 Å². The quantitative estimate of drug-likeness (QED) is 0.771. The number of rotatable bonds is 4. The van der Waals surface area contributed by atoms with E-state index in [1.165, 1.54) is 0 Å². The highest BCUT2D eigenvalue weighted by molar-refractivity contribution is 5.88. The molecule has 0 unspecified atom stereocenters. The number of primary amides is 1. The SMILES string of the molecule is CN(C)Cc1cnc(C2(C(N)=O)CC2)o1. The zero-order chi connectivity index (χ0) is 11.1. The first-order valence-electron chi connectivity index (χ1n) is 4.94. The van der Waals surface area contributed by atoms with Gasteiger partial charge in [0.2, 0.25) is 11.8 Å². The smallest absolute Gasteiger partial charge is 0.233 e. The van der Waals surface area contributed by atoms with Crippen molar-refractivity contribution in [3.05, 3.63) is 17.8 Å². The van der Waals surface area contributed by atoms with Gasteiger partial charge in [-0.3, -0.25) is 4.79 Å². The topological polar surface area (TPSA) is 72.4 Å². The van der Waals surface area contributed by atoms with Crippen molar-refractivity contribution in [1.82, 2.24) is 9.88 Å². The Morgan fingerprint density at radius 3 is 2.80 bits per heavy atom. The molecule has 1 aliphatic rings. The number of amides is 1. The van der Waals surface area contributed by atoms with Crippen molar-refractivity contribution in [2.75, 3.05) is 14.1 Å². The molecule has 0 aromatic carbocycles. The van der Waals surface area contributed by atoms with Crippen molar-refractivity contribution in [2.24, 2.45) is 5.73 Å². The first-order valence-corrected chi connectivity index (χ1v) is 4.94. The molecule has 0 atom stereocenters. The van der Waals surface area contributed by atoms with Crippen LogP contribution in [0.15, 0.2) is 10.6 Å². The fourth-order valence-corrected chi connectivity index (χ4v) is 1.60. The third-order valence-corrected chi connectivity index (χ3v) is 2.66. The summed E-state index contributed by atoms with van der Waals surface area (Å²) >= 11 is 0. The molecule has 5 heteroatoms. The number of oxazole rings is 1. The molecule has 82 valence electrons. The normalized spacial score (nSPS) is 18.1. The fraction of sp³-hybridized carbons (Fsp3) is 0.600. The minimum absolute atomic E-state index is 0.333. The lowest BCUT2D eigenvalue weighted by Gasteiger charge is -2.07. The zero-order valence-electron chi connectivity index (χ0n) is 8.99. The Balaban J connectivity index is 2.17. The standard InChI is InChI=1S/C10H15N3O2/c1-13(2)6-7-5-12-9(15-7)10(3-4-10)8(11)14/h5H,3-4,6H2,1-2H3,(H2,11,14). The van der Waals surface area contributed by atoms with Crippen molar-refractivity contribution in [2.45, 2.75) is 24.8 Å². The Labute approximate surface area is 88.3 Å². The molecule has 2 rings (SSSR count). The van der Waals surface area contributed by atoms with Gasteiger partial charge in [0.1, 0.15) is 11.2 Å². The highest BCUT2D eigenvalue weighted by Crippen LogP contribution is 2.47. The van der Waals surface area contributed by atoms with E-state index in [1.54, 1.807) is 6.20 Å². The lowest BCUT2D eigenvalue weighted by atomic mass is 10.1. The van der Waals surface area contributed by atoms with E-state index in [9.17, 15) is 4.79 Å². The second-order valence-electron chi connectivity index (χ2n) is 4.32. The number of hydrogen-bond acceptors (Lipinski definition) is 4. The van der Waals surface area contributed by atoms with Gasteiger partial charge in [0.05, 0.1) is 12.7 Å². The first-order chi connectivity index (χ1) is 7.04. The highest BCUT2D eigenvalue weighted by atomic mass is 16.4. The molecule has 1 amide bonds. The van der Waals surface area contributed by atoms with Crippen molar-refractivity contribution in [3.63, 3.8) is 0 Å². The summed E-state index contributed by atoms with van der Waals surface area (Å²) in [7, 11) is 3.90. The summed E-state index contributed by atoms with van der Waals surface area (Å²) in [5.41, 5.74) is 4.72. The van der Waals surface area contributed by atoms with E-state index in [1.807, 2.05) is 19.0 Å². The molecule has 0 bridgehead atoms. The van der Waals surface area contributed by atoms with Gasteiger partial charge in [0, 0.05) is 0 Å². The van der Waals surface area contributed by atoms with Gasteiger partial charge in [-0.2, -0.15) is 0 Å². The summed E-state index contributed by atoms with van der Waals surface area (Å²) in [4.78, 5) is 17.3. The van der Waals surface area contributed by atoms with Crippen LogP contribution in [0.1, 0.15) is 24.5 Å². The molecule has 5 nitrogen and oxygen atoms in total. The number of carbonyl (C=O) groups is 1. The Bertz CT molecular complexity index is 380. The monoisotopic (exact) mass is 209 g/mol. The summed E-state index contributed by atoms with van der Waals surface area (Å²) in [6.07, 6.45) is 3.17. The van der Waals surface area contributed by atoms with Crippen LogP contribution in [0.4, 0.5) is 0 Å². The second kappa shape index (κ2) is 3.34.